The van der Waals surface area contributed by atoms with Crippen LogP contribution in [0, 0.1) is 0 Å². The molecular weight excluding hydrogens is 262 g/mol. The number of carbonyl (C=O) groups is 1. The molecule has 0 radical (unpaired) electrons. The SMILES string of the molecule is O=C(O)Cc1ccc(SCCN2CCOCC2)cc1. The minimum absolute atomic E-state index is 0.0960. The number of thioether (sulfide) groups is 1. The van der Waals surface area contributed by atoms with Crippen molar-refractivity contribution in [2.45, 2.75) is 11.3 Å². The molecule has 1 aromatic carbocycles. The number of ether oxygens (including phenoxy) is 1. The number of aliphatic carboxylic acids is 1. The average molecular weight is 281 g/mol. The van der Waals surface area contributed by atoms with Gasteiger partial charge in [-0.3, -0.25) is 9.69 Å². The maximum Gasteiger partial charge on any atom is 0.307 e. The second kappa shape index (κ2) is 7.53. The third-order valence-corrected chi connectivity index (χ3v) is 4.05. The van der Waals surface area contributed by atoms with Crippen molar-refractivity contribution in [1.82, 2.24) is 4.90 Å². The molecule has 19 heavy (non-hydrogen) atoms. The van der Waals surface area contributed by atoms with E-state index in [4.69, 9.17) is 9.84 Å². The second-order valence-electron chi connectivity index (χ2n) is 4.52. The quantitative estimate of drug-likeness (QED) is 0.805. The molecule has 5 heteroatoms. The van der Waals surface area contributed by atoms with E-state index in [2.05, 4.69) is 4.90 Å². The number of nitrogens with zero attached hydrogens (tertiary/aromatic N) is 1. The largest absolute Gasteiger partial charge is 0.481 e. The van der Waals surface area contributed by atoms with Crippen LogP contribution in [0.25, 0.3) is 0 Å². The molecule has 0 bridgehead atoms. The number of rotatable bonds is 6. The number of hydrogen-bond acceptors (Lipinski definition) is 4. The maximum absolute atomic E-state index is 10.6. The van der Waals surface area contributed by atoms with E-state index in [1.807, 2.05) is 36.0 Å². The second-order valence-corrected chi connectivity index (χ2v) is 5.69. The monoisotopic (exact) mass is 281 g/mol. The molecule has 1 aliphatic rings. The number of carboxylic acids is 1. The molecule has 0 aromatic heterocycles. The molecule has 2 rings (SSSR count). The summed E-state index contributed by atoms with van der Waals surface area (Å²) in [5, 5.41) is 8.70. The maximum atomic E-state index is 10.6. The number of benzene rings is 1. The van der Waals surface area contributed by atoms with Crippen LogP contribution in [0.3, 0.4) is 0 Å². The van der Waals surface area contributed by atoms with Crippen molar-refractivity contribution < 1.29 is 14.6 Å². The van der Waals surface area contributed by atoms with Gasteiger partial charge in [-0.05, 0) is 17.7 Å². The number of carboxylic acid groups (broad SMARTS) is 1. The lowest BCUT2D eigenvalue weighted by Crippen LogP contribution is -2.37. The predicted octanol–water partition coefficient (Wildman–Crippen LogP) is 1.74. The lowest BCUT2D eigenvalue weighted by Gasteiger charge is -2.26. The summed E-state index contributed by atoms with van der Waals surface area (Å²) < 4.78 is 5.31. The van der Waals surface area contributed by atoms with E-state index in [0.29, 0.717) is 0 Å². The first-order chi connectivity index (χ1) is 9.24. The van der Waals surface area contributed by atoms with Gasteiger partial charge in [0.05, 0.1) is 19.6 Å². The Morgan fingerprint density at radius 1 is 1.26 bits per heavy atom. The van der Waals surface area contributed by atoms with Gasteiger partial charge in [-0.1, -0.05) is 12.1 Å². The van der Waals surface area contributed by atoms with E-state index in [9.17, 15) is 4.79 Å². The Morgan fingerprint density at radius 3 is 2.58 bits per heavy atom. The predicted molar refractivity (Wildman–Crippen MR) is 75.8 cm³/mol. The standard InChI is InChI=1S/C14H19NO3S/c16-14(17)11-12-1-3-13(4-2-12)19-10-7-15-5-8-18-9-6-15/h1-4H,5-11H2,(H,16,17). The van der Waals surface area contributed by atoms with E-state index < -0.39 is 5.97 Å². The average Bonchev–Trinajstić information content (AvgIpc) is 2.41. The Morgan fingerprint density at radius 2 is 1.95 bits per heavy atom. The number of morpholine rings is 1. The van der Waals surface area contributed by atoms with Crippen LogP contribution in [0.15, 0.2) is 29.2 Å². The molecule has 1 aromatic rings. The summed E-state index contributed by atoms with van der Waals surface area (Å²) in [5.74, 6) is 0.269. The van der Waals surface area contributed by atoms with E-state index in [-0.39, 0.29) is 6.42 Å². The van der Waals surface area contributed by atoms with Crippen LogP contribution in [0.2, 0.25) is 0 Å². The zero-order chi connectivity index (χ0) is 13.5. The van der Waals surface area contributed by atoms with Gasteiger partial charge in [0, 0.05) is 30.3 Å². The summed E-state index contributed by atoms with van der Waals surface area (Å²) in [6.45, 7) is 4.81. The molecule has 1 aliphatic heterocycles. The van der Waals surface area contributed by atoms with Gasteiger partial charge >= 0.3 is 5.97 Å². The Balaban J connectivity index is 1.71. The highest BCUT2D eigenvalue weighted by Gasteiger charge is 2.09. The van der Waals surface area contributed by atoms with Gasteiger partial charge in [0.2, 0.25) is 0 Å². The highest BCUT2D eigenvalue weighted by Crippen LogP contribution is 2.18. The summed E-state index contributed by atoms with van der Waals surface area (Å²) in [6, 6.07) is 7.79. The summed E-state index contributed by atoms with van der Waals surface area (Å²) in [4.78, 5) is 14.2. The Kier molecular flexibility index (Phi) is 5.69. The van der Waals surface area contributed by atoms with Crippen LogP contribution in [0.1, 0.15) is 5.56 Å². The minimum Gasteiger partial charge on any atom is -0.481 e. The third kappa shape index (κ3) is 5.22. The van der Waals surface area contributed by atoms with Crippen molar-refractivity contribution in [3.63, 3.8) is 0 Å². The van der Waals surface area contributed by atoms with Crippen molar-refractivity contribution in [1.29, 1.82) is 0 Å². The van der Waals surface area contributed by atoms with E-state index in [1.54, 1.807) is 0 Å². The molecule has 1 saturated heterocycles. The van der Waals surface area contributed by atoms with E-state index in [1.165, 1.54) is 4.90 Å². The molecular formula is C14H19NO3S. The zero-order valence-corrected chi connectivity index (χ0v) is 11.7. The first kappa shape index (κ1) is 14.4. The van der Waals surface area contributed by atoms with Crippen LogP contribution in [-0.2, 0) is 16.0 Å². The summed E-state index contributed by atoms with van der Waals surface area (Å²) >= 11 is 1.81. The topological polar surface area (TPSA) is 49.8 Å². The van der Waals surface area contributed by atoms with Crippen molar-refractivity contribution in [2.24, 2.45) is 0 Å². The van der Waals surface area contributed by atoms with Gasteiger partial charge in [-0.2, -0.15) is 0 Å². The summed E-state index contributed by atoms with van der Waals surface area (Å²) in [7, 11) is 0. The first-order valence-electron chi connectivity index (χ1n) is 6.48. The van der Waals surface area contributed by atoms with E-state index >= 15 is 0 Å². The molecule has 0 saturated carbocycles. The molecule has 0 atom stereocenters. The minimum atomic E-state index is -0.785. The van der Waals surface area contributed by atoms with E-state index in [0.717, 1.165) is 44.2 Å². The highest BCUT2D eigenvalue weighted by atomic mass is 32.2. The first-order valence-corrected chi connectivity index (χ1v) is 7.46. The Labute approximate surface area is 117 Å². The molecule has 1 heterocycles. The smallest absolute Gasteiger partial charge is 0.307 e. The van der Waals surface area contributed by atoms with Crippen molar-refractivity contribution in [3.8, 4) is 0 Å². The van der Waals surface area contributed by atoms with Crippen molar-refractivity contribution >= 4 is 17.7 Å². The molecule has 1 N–H and O–H groups in total. The van der Waals surface area contributed by atoms with Gasteiger partial charge in [-0.15, -0.1) is 11.8 Å². The fraction of sp³-hybridized carbons (Fsp3) is 0.500. The van der Waals surface area contributed by atoms with Crippen molar-refractivity contribution in [2.75, 3.05) is 38.6 Å². The molecule has 0 amide bonds. The van der Waals surface area contributed by atoms with Crippen LogP contribution in [0.4, 0.5) is 0 Å². The van der Waals surface area contributed by atoms with Crippen LogP contribution >= 0.6 is 11.8 Å². The Hall–Kier alpha value is -1.04. The summed E-state index contributed by atoms with van der Waals surface area (Å²) in [5.41, 5.74) is 0.852. The normalized spacial score (nSPS) is 16.4. The molecule has 0 aliphatic carbocycles. The zero-order valence-electron chi connectivity index (χ0n) is 10.9. The molecule has 104 valence electrons. The van der Waals surface area contributed by atoms with Crippen LogP contribution in [-0.4, -0.2) is 54.6 Å². The van der Waals surface area contributed by atoms with Gasteiger partial charge in [-0.25, -0.2) is 0 Å². The fourth-order valence-electron chi connectivity index (χ4n) is 2.00. The van der Waals surface area contributed by atoms with Gasteiger partial charge in [0.15, 0.2) is 0 Å². The van der Waals surface area contributed by atoms with Gasteiger partial charge in [0.1, 0.15) is 0 Å². The van der Waals surface area contributed by atoms with Crippen molar-refractivity contribution in [3.05, 3.63) is 29.8 Å². The number of hydrogen-bond donors (Lipinski definition) is 1. The highest BCUT2D eigenvalue weighted by molar-refractivity contribution is 7.99. The lowest BCUT2D eigenvalue weighted by atomic mass is 10.2. The van der Waals surface area contributed by atoms with Gasteiger partial charge < -0.3 is 9.84 Å². The molecule has 0 spiro atoms. The van der Waals surface area contributed by atoms with Crippen LogP contribution in [0.5, 0.6) is 0 Å². The van der Waals surface area contributed by atoms with Crippen LogP contribution < -0.4 is 0 Å². The Bertz CT molecular complexity index is 402. The molecule has 1 fully saturated rings. The van der Waals surface area contributed by atoms with Gasteiger partial charge in [0.25, 0.3) is 0 Å². The summed E-state index contributed by atoms with van der Waals surface area (Å²) in [6.07, 6.45) is 0.0960. The molecule has 0 unspecified atom stereocenters. The third-order valence-electron chi connectivity index (χ3n) is 3.06. The fourth-order valence-corrected chi connectivity index (χ4v) is 2.91. The molecule has 4 nitrogen and oxygen atoms in total. The lowest BCUT2D eigenvalue weighted by molar-refractivity contribution is -0.136.